The van der Waals surface area contributed by atoms with Crippen LogP contribution >= 0.6 is 11.8 Å². The molecule has 2 aromatic rings. The Bertz CT molecular complexity index is 1100. The van der Waals surface area contributed by atoms with Gasteiger partial charge in [0.15, 0.2) is 5.17 Å². The fraction of sp³-hybridized carbons (Fsp3) is 0.182. The van der Waals surface area contributed by atoms with E-state index in [1.165, 1.54) is 12.0 Å². The first-order chi connectivity index (χ1) is 15.3. The van der Waals surface area contributed by atoms with E-state index in [9.17, 15) is 14.4 Å². The second-order valence-electron chi connectivity index (χ2n) is 6.65. The van der Waals surface area contributed by atoms with E-state index < -0.39 is 17.2 Å². The Kier molecular flexibility index (Phi) is 7.16. The zero-order valence-corrected chi connectivity index (χ0v) is 18.5. The fourth-order valence-electron chi connectivity index (χ4n) is 2.85. The maximum atomic E-state index is 13.3. The number of nitrogens with one attached hydrogen (secondary N) is 1. The monoisotopic (exact) mass is 454 g/mol. The number of amidine groups is 1. The molecule has 1 aliphatic heterocycles. The van der Waals surface area contributed by atoms with E-state index in [0.717, 1.165) is 17.3 Å². The first-order valence-corrected chi connectivity index (χ1v) is 10.4. The summed E-state index contributed by atoms with van der Waals surface area (Å²) < 4.78 is 10.4. The minimum atomic E-state index is -0.948. The number of imide groups is 1. The normalized spacial score (nSPS) is 15.3. The van der Waals surface area contributed by atoms with Crippen molar-refractivity contribution in [3.63, 3.8) is 0 Å². The highest BCUT2D eigenvalue weighted by Gasteiger charge is 2.34. The molecule has 10 heteroatoms. The van der Waals surface area contributed by atoms with Crippen LogP contribution in [0.5, 0.6) is 11.5 Å². The van der Waals surface area contributed by atoms with Crippen molar-refractivity contribution in [3.05, 3.63) is 59.8 Å². The lowest BCUT2D eigenvalue weighted by Gasteiger charge is -2.20. The Morgan fingerprint density at radius 2 is 1.81 bits per heavy atom. The largest absolute Gasteiger partial charge is 0.497 e. The fourth-order valence-corrected chi connectivity index (χ4v) is 3.77. The molecule has 0 fully saturated rings. The quantitative estimate of drug-likeness (QED) is 0.647. The number of ether oxygens (including phenoxy) is 2. The third-order valence-corrected chi connectivity index (χ3v) is 5.51. The molecule has 2 aromatic carbocycles. The van der Waals surface area contributed by atoms with Crippen molar-refractivity contribution in [2.75, 3.05) is 19.1 Å². The molecule has 1 atom stereocenters. The molecular weight excluding hydrogens is 432 g/mol. The number of primary amides is 1. The molecule has 166 valence electrons. The Labute approximate surface area is 189 Å². The molecule has 1 aliphatic rings. The number of hydrogen-bond acceptors (Lipinski definition) is 7. The number of carbonyl (C=O) groups is 3. The van der Waals surface area contributed by atoms with Gasteiger partial charge in [0.05, 0.1) is 25.2 Å². The summed E-state index contributed by atoms with van der Waals surface area (Å²) in [6.07, 6.45) is 1.65. The molecule has 0 unspecified atom stereocenters. The smallest absolute Gasteiger partial charge is 0.318 e. The van der Waals surface area contributed by atoms with Gasteiger partial charge < -0.3 is 15.2 Å². The maximum absolute atomic E-state index is 13.3. The van der Waals surface area contributed by atoms with Crippen LogP contribution in [0.2, 0.25) is 0 Å². The average molecular weight is 455 g/mol. The van der Waals surface area contributed by atoms with Crippen molar-refractivity contribution < 1.29 is 23.9 Å². The molecule has 0 radical (unpaired) electrons. The summed E-state index contributed by atoms with van der Waals surface area (Å²) >= 11 is 1.03. The Morgan fingerprint density at radius 3 is 2.44 bits per heavy atom. The predicted octanol–water partition coefficient (Wildman–Crippen LogP) is 2.76. The molecule has 0 bridgehead atoms. The molecule has 0 saturated heterocycles. The summed E-state index contributed by atoms with van der Waals surface area (Å²) in [6, 6.07) is 13.2. The molecule has 4 amide bonds. The zero-order valence-electron chi connectivity index (χ0n) is 17.7. The topological polar surface area (TPSA) is 123 Å². The van der Waals surface area contributed by atoms with E-state index in [2.05, 4.69) is 4.99 Å². The third-order valence-electron chi connectivity index (χ3n) is 4.46. The lowest BCUT2D eigenvalue weighted by atomic mass is 10.2. The van der Waals surface area contributed by atoms with Crippen LogP contribution in [0.25, 0.3) is 6.08 Å². The van der Waals surface area contributed by atoms with E-state index in [4.69, 9.17) is 15.2 Å². The predicted molar refractivity (Wildman–Crippen MR) is 124 cm³/mol. The minimum absolute atomic E-state index is 0.197. The first kappa shape index (κ1) is 22.9. The van der Waals surface area contributed by atoms with Crippen LogP contribution in [0, 0.1) is 0 Å². The van der Waals surface area contributed by atoms with Crippen molar-refractivity contribution in [3.8, 4) is 11.5 Å². The van der Waals surface area contributed by atoms with E-state index in [-0.39, 0.29) is 16.8 Å². The van der Waals surface area contributed by atoms with Crippen LogP contribution in [-0.4, -0.2) is 42.5 Å². The van der Waals surface area contributed by atoms with Crippen molar-refractivity contribution >= 4 is 46.5 Å². The second-order valence-corrected chi connectivity index (χ2v) is 7.96. The minimum Gasteiger partial charge on any atom is -0.497 e. The van der Waals surface area contributed by atoms with Gasteiger partial charge in [0.2, 0.25) is 5.91 Å². The number of benzene rings is 2. The zero-order chi connectivity index (χ0) is 23.3. The number of aliphatic imine (C=N–C) groups is 1. The summed E-state index contributed by atoms with van der Waals surface area (Å²) in [6.45, 7) is 1.59. The highest BCUT2D eigenvalue weighted by Crippen LogP contribution is 2.33. The third kappa shape index (κ3) is 5.27. The standard InChI is InChI=1S/C22H22N4O5S/c1-13(19(27)25-21(23)29)32-22-24-18(11-14-7-9-16(30-2)10-8-14)20(28)26(22)15-5-4-6-17(12-15)31-3/h4-13H,1-3H3,(H3,23,25,27,29)/b18-11+/t13-/m1/s1. The van der Waals surface area contributed by atoms with Crippen molar-refractivity contribution in [1.29, 1.82) is 0 Å². The van der Waals surface area contributed by atoms with Crippen LogP contribution in [0.3, 0.4) is 0 Å². The van der Waals surface area contributed by atoms with Crippen LogP contribution < -0.4 is 25.4 Å². The molecule has 0 aliphatic carbocycles. The molecule has 0 saturated carbocycles. The van der Waals surface area contributed by atoms with Crippen molar-refractivity contribution in [1.82, 2.24) is 5.32 Å². The number of amides is 4. The maximum Gasteiger partial charge on any atom is 0.318 e. The number of anilines is 1. The number of thioether (sulfide) groups is 1. The highest BCUT2D eigenvalue weighted by molar-refractivity contribution is 8.15. The van der Waals surface area contributed by atoms with Crippen LogP contribution in [0.1, 0.15) is 12.5 Å². The first-order valence-electron chi connectivity index (χ1n) is 9.52. The van der Waals surface area contributed by atoms with Gasteiger partial charge in [-0.25, -0.2) is 9.79 Å². The number of urea groups is 1. The lowest BCUT2D eigenvalue weighted by molar-refractivity contribution is -0.119. The van der Waals surface area contributed by atoms with Crippen molar-refractivity contribution in [2.24, 2.45) is 10.7 Å². The average Bonchev–Trinajstić information content (AvgIpc) is 3.08. The molecule has 32 heavy (non-hydrogen) atoms. The SMILES string of the molecule is COc1ccc(/C=C2/N=C(S[C@H](C)C(=O)NC(N)=O)N(c3cccc(OC)c3)C2=O)cc1. The molecule has 9 nitrogen and oxygen atoms in total. The van der Waals surface area contributed by atoms with Gasteiger partial charge in [0, 0.05) is 6.07 Å². The number of nitrogens with zero attached hydrogens (tertiary/aromatic N) is 2. The Hall–Kier alpha value is -3.79. The number of nitrogens with two attached hydrogens (primary N) is 1. The molecule has 1 heterocycles. The van der Waals surface area contributed by atoms with E-state index in [1.807, 2.05) is 5.32 Å². The summed E-state index contributed by atoms with van der Waals surface area (Å²) in [5, 5.41) is 1.59. The highest BCUT2D eigenvalue weighted by atomic mass is 32.2. The van der Waals surface area contributed by atoms with Gasteiger partial charge in [-0.3, -0.25) is 19.8 Å². The molecule has 3 N–H and O–H groups in total. The van der Waals surface area contributed by atoms with Crippen LogP contribution in [0.15, 0.2) is 59.2 Å². The van der Waals surface area contributed by atoms with Gasteiger partial charge in [-0.05, 0) is 42.8 Å². The second kappa shape index (κ2) is 10.0. The van der Waals surface area contributed by atoms with Crippen LogP contribution in [0.4, 0.5) is 10.5 Å². The van der Waals surface area contributed by atoms with Crippen molar-refractivity contribution in [2.45, 2.75) is 12.2 Å². The summed E-state index contributed by atoms with van der Waals surface area (Å²) in [5.41, 5.74) is 6.52. The van der Waals surface area contributed by atoms with Gasteiger partial charge in [0.25, 0.3) is 5.91 Å². The summed E-state index contributed by atoms with van der Waals surface area (Å²) in [4.78, 5) is 42.3. The van der Waals surface area contributed by atoms with Gasteiger partial charge in [-0.2, -0.15) is 0 Å². The summed E-state index contributed by atoms with van der Waals surface area (Å²) in [7, 11) is 3.10. The molecule has 0 aromatic heterocycles. The van der Waals surface area contributed by atoms with E-state index in [0.29, 0.717) is 17.2 Å². The lowest BCUT2D eigenvalue weighted by Crippen LogP contribution is -2.41. The van der Waals surface area contributed by atoms with Crippen LogP contribution in [-0.2, 0) is 9.59 Å². The molecular formula is C22H22N4O5S. The Morgan fingerprint density at radius 1 is 1.12 bits per heavy atom. The van der Waals surface area contributed by atoms with Gasteiger partial charge in [-0.1, -0.05) is 30.0 Å². The van der Waals surface area contributed by atoms with E-state index >= 15 is 0 Å². The summed E-state index contributed by atoms with van der Waals surface area (Å²) in [5.74, 6) is 0.304. The number of hydrogen-bond donors (Lipinski definition) is 2. The van der Waals surface area contributed by atoms with E-state index in [1.54, 1.807) is 68.6 Å². The number of rotatable bonds is 6. The van der Waals surface area contributed by atoms with Gasteiger partial charge in [0.1, 0.15) is 17.2 Å². The van der Waals surface area contributed by atoms with Gasteiger partial charge in [-0.15, -0.1) is 0 Å². The number of carbonyl (C=O) groups excluding carboxylic acids is 3. The Balaban J connectivity index is 1.97. The van der Waals surface area contributed by atoms with Gasteiger partial charge >= 0.3 is 6.03 Å². The number of methoxy groups -OCH3 is 2. The molecule has 0 spiro atoms. The molecule has 3 rings (SSSR count).